The minimum Gasteiger partial charge on any atom is -0.493 e. The van der Waals surface area contributed by atoms with E-state index in [2.05, 4.69) is 24.5 Å². The van der Waals surface area contributed by atoms with Crippen molar-refractivity contribution < 1.29 is 28.9 Å². The van der Waals surface area contributed by atoms with Crippen molar-refractivity contribution in [1.82, 2.24) is 10.2 Å². The molecule has 2 aliphatic carbocycles. The van der Waals surface area contributed by atoms with E-state index < -0.39 is 17.7 Å². The number of aryl methyl sites for hydroxylation is 1. The maximum Gasteiger partial charge on any atom is 0.245 e. The number of methoxy groups -OCH3 is 3. The van der Waals surface area contributed by atoms with Crippen molar-refractivity contribution in [3.63, 3.8) is 0 Å². The van der Waals surface area contributed by atoms with Crippen LogP contribution in [-0.4, -0.2) is 67.9 Å². The summed E-state index contributed by atoms with van der Waals surface area (Å²) in [4.78, 5) is 42.2. The topological polar surface area (TPSA) is 126 Å². The molecule has 2 amide bonds. The number of nitrogens with zero attached hydrogens (tertiary/aromatic N) is 1. The fraction of sp³-hybridized carbons (Fsp3) is 0.583. The number of hydrogen-bond acceptors (Lipinski definition) is 8. The molecule has 3 aliphatic rings. The molecule has 1 aliphatic heterocycles. The van der Waals surface area contributed by atoms with E-state index in [0.29, 0.717) is 67.3 Å². The Bertz CT molecular complexity index is 1530. The molecule has 1 heterocycles. The average Bonchev–Trinajstić information content (AvgIpc) is 3.26. The smallest absolute Gasteiger partial charge is 0.245 e. The van der Waals surface area contributed by atoms with Gasteiger partial charge in [0.25, 0.3) is 0 Å². The summed E-state index contributed by atoms with van der Waals surface area (Å²) in [5, 5.41) is 17.6. The first-order chi connectivity index (χ1) is 22.0. The van der Waals surface area contributed by atoms with Crippen molar-refractivity contribution in [3.8, 4) is 28.4 Å². The van der Waals surface area contributed by atoms with Crippen LogP contribution in [0.15, 0.2) is 29.1 Å². The lowest BCUT2D eigenvalue weighted by Gasteiger charge is -2.48. The highest BCUT2D eigenvalue weighted by molar-refractivity contribution is 5.86. The number of ether oxygens (including phenoxy) is 3. The van der Waals surface area contributed by atoms with Gasteiger partial charge in [-0.15, -0.1) is 0 Å². The molecule has 1 saturated carbocycles. The van der Waals surface area contributed by atoms with E-state index in [1.165, 1.54) is 6.92 Å². The van der Waals surface area contributed by atoms with Crippen molar-refractivity contribution in [3.05, 3.63) is 45.6 Å². The lowest BCUT2D eigenvalue weighted by Crippen LogP contribution is -2.57. The molecule has 10 heteroatoms. The highest BCUT2D eigenvalue weighted by Gasteiger charge is 2.44. The number of nitrogens with one attached hydrogen (secondary N) is 2. The van der Waals surface area contributed by atoms with E-state index >= 15 is 0 Å². The number of aliphatic hydroxyl groups is 1. The molecule has 5 rings (SSSR count). The Kier molecular flexibility index (Phi) is 10.2. The summed E-state index contributed by atoms with van der Waals surface area (Å²) < 4.78 is 17.2. The molecule has 46 heavy (non-hydrogen) atoms. The van der Waals surface area contributed by atoms with Gasteiger partial charge in [0, 0.05) is 31.5 Å². The van der Waals surface area contributed by atoms with E-state index in [1.54, 1.807) is 33.5 Å². The number of piperidine rings is 1. The van der Waals surface area contributed by atoms with Crippen LogP contribution in [0.1, 0.15) is 82.9 Å². The highest BCUT2D eigenvalue weighted by atomic mass is 16.5. The van der Waals surface area contributed by atoms with Gasteiger partial charge in [0.15, 0.2) is 11.5 Å². The third-order valence-corrected chi connectivity index (χ3v) is 9.99. The SMILES string of the molecule is COc1cc2c(c(OC)c1OC)-c1ccc(N[C@@H](CC(C)C)C(=O)N3CC[C@]4(O)CCCC[C@@H]4C3)c(=O)cc1[C@@H](NC(C)=O)CC2. The quantitative estimate of drug-likeness (QED) is 0.357. The Morgan fingerprint density at radius 3 is 2.48 bits per heavy atom. The van der Waals surface area contributed by atoms with Crippen LogP contribution in [0.5, 0.6) is 17.2 Å². The van der Waals surface area contributed by atoms with E-state index in [4.69, 9.17) is 14.2 Å². The molecule has 0 unspecified atom stereocenters. The molecule has 1 saturated heterocycles. The summed E-state index contributed by atoms with van der Waals surface area (Å²) in [6.07, 6.45) is 6.10. The summed E-state index contributed by atoms with van der Waals surface area (Å²) in [6.45, 7) is 6.63. The molecular weight excluding hydrogens is 586 g/mol. The number of amides is 2. The van der Waals surface area contributed by atoms with Gasteiger partial charge in [-0.05, 0) is 79.3 Å². The van der Waals surface area contributed by atoms with Gasteiger partial charge in [0.05, 0.1) is 38.7 Å². The molecule has 0 radical (unpaired) electrons. The lowest BCUT2D eigenvalue weighted by atomic mass is 9.71. The number of carbonyl (C=O) groups is 2. The van der Waals surface area contributed by atoms with Crippen molar-refractivity contribution >= 4 is 17.5 Å². The fourth-order valence-electron chi connectivity index (χ4n) is 7.70. The zero-order chi connectivity index (χ0) is 33.2. The molecule has 2 aromatic carbocycles. The third-order valence-electron chi connectivity index (χ3n) is 9.99. The first kappa shape index (κ1) is 33.6. The van der Waals surface area contributed by atoms with Crippen LogP contribution in [0.25, 0.3) is 11.1 Å². The van der Waals surface area contributed by atoms with Crippen LogP contribution in [0, 0.1) is 11.8 Å². The van der Waals surface area contributed by atoms with E-state index in [1.807, 2.05) is 17.0 Å². The second kappa shape index (κ2) is 13.9. The Balaban J connectivity index is 1.56. The Hall–Kier alpha value is -3.79. The standard InChI is InChI=1S/C36H49N3O7/c1-21(2)17-29(35(42)39-16-15-36(43)14-8-7-9-24(36)20-39)38-28-13-11-25-26(19-30(28)41)27(37-22(3)40)12-10-23-18-31(44-4)33(45-5)34(46-6)32(23)25/h11,13,18-19,21,24,27,29,43H,7-10,12,14-17,20H2,1-6H3,(H,37,40)(H,38,41)/t24-,27+,29+,36-/m1/s1. The summed E-state index contributed by atoms with van der Waals surface area (Å²) in [6, 6.07) is 6.06. The Labute approximate surface area is 271 Å². The van der Waals surface area contributed by atoms with Crippen LogP contribution in [-0.2, 0) is 16.0 Å². The molecule has 3 N–H and O–H groups in total. The normalized spacial score (nSPS) is 22.8. The molecular formula is C36H49N3O7. The summed E-state index contributed by atoms with van der Waals surface area (Å²) >= 11 is 0. The number of rotatable bonds is 9. The second-order valence-corrected chi connectivity index (χ2v) is 13.5. The van der Waals surface area contributed by atoms with Gasteiger partial charge in [-0.1, -0.05) is 32.8 Å². The van der Waals surface area contributed by atoms with Crippen molar-refractivity contribution in [2.24, 2.45) is 11.8 Å². The van der Waals surface area contributed by atoms with Crippen molar-refractivity contribution in [1.29, 1.82) is 0 Å². The largest absolute Gasteiger partial charge is 0.493 e. The molecule has 10 nitrogen and oxygen atoms in total. The van der Waals surface area contributed by atoms with Gasteiger partial charge in [-0.25, -0.2) is 0 Å². The van der Waals surface area contributed by atoms with Gasteiger partial charge in [0.1, 0.15) is 6.04 Å². The second-order valence-electron chi connectivity index (χ2n) is 13.5. The maximum absolute atomic E-state index is 14.0. The molecule has 4 atom stereocenters. The number of benzene rings is 1. The lowest BCUT2D eigenvalue weighted by molar-refractivity contribution is -0.144. The zero-order valence-electron chi connectivity index (χ0n) is 28.0. The molecule has 0 aromatic heterocycles. The predicted molar refractivity (Wildman–Crippen MR) is 178 cm³/mol. The summed E-state index contributed by atoms with van der Waals surface area (Å²) in [5.41, 5.74) is 2.45. The molecule has 2 aromatic rings. The first-order valence-corrected chi connectivity index (χ1v) is 16.5. The highest BCUT2D eigenvalue weighted by Crippen LogP contribution is 2.50. The first-order valence-electron chi connectivity index (χ1n) is 16.5. The van der Waals surface area contributed by atoms with Crippen LogP contribution >= 0.6 is 0 Å². The van der Waals surface area contributed by atoms with Gasteiger partial charge < -0.3 is 34.9 Å². The fourth-order valence-corrected chi connectivity index (χ4v) is 7.70. The number of likely N-dealkylation sites (tertiary alicyclic amines) is 1. The monoisotopic (exact) mass is 635 g/mol. The predicted octanol–water partition coefficient (Wildman–Crippen LogP) is 4.84. The van der Waals surface area contributed by atoms with Crippen molar-refractivity contribution in [2.75, 3.05) is 39.7 Å². The minimum absolute atomic E-state index is 0.0474. The Morgan fingerprint density at radius 2 is 1.80 bits per heavy atom. The number of hydrogen-bond donors (Lipinski definition) is 3. The van der Waals surface area contributed by atoms with E-state index in [0.717, 1.165) is 42.4 Å². The number of fused-ring (bicyclic) bond motifs is 4. The van der Waals surface area contributed by atoms with Gasteiger partial charge in [-0.2, -0.15) is 0 Å². The number of carbonyl (C=O) groups excluding carboxylic acids is 2. The van der Waals surface area contributed by atoms with Gasteiger partial charge in [-0.3, -0.25) is 14.4 Å². The minimum atomic E-state index is -0.683. The van der Waals surface area contributed by atoms with Gasteiger partial charge in [0.2, 0.25) is 23.0 Å². The summed E-state index contributed by atoms with van der Waals surface area (Å²) in [7, 11) is 4.69. The molecule has 0 spiro atoms. The van der Waals surface area contributed by atoms with Crippen LogP contribution in [0.3, 0.4) is 0 Å². The van der Waals surface area contributed by atoms with Crippen molar-refractivity contribution in [2.45, 2.75) is 89.8 Å². The van der Waals surface area contributed by atoms with Crippen LogP contribution in [0.4, 0.5) is 5.69 Å². The number of anilines is 1. The molecule has 2 fully saturated rings. The molecule has 0 bridgehead atoms. The molecule has 250 valence electrons. The van der Waals surface area contributed by atoms with Crippen LogP contribution in [0.2, 0.25) is 0 Å². The summed E-state index contributed by atoms with van der Waals surface area (Å²) in [5.74, 6) is 1.48. The van der Waals surface area contributed by atoms with E-state index in [-0.39, 0.29) is 29.1 Å². The van der Waals surface area contributed by atoms with Gasteiger partial charge >= 0.3 is 0 Å². The third kappa shape index (κ3) is 6.68. The average molecular weight is 636 g/mol. The maximum atomic E-state index is 14.0. The Morgan fingerprint density at radius 1 is 1.04 bits per heavy atom. The zero-order valence-corrected chi connectivity index (χ0v) is 28.0. The van der Waals surface area contributed by atoms with E-state index in [9.17, 15) is 19.5 Å². The van der Waals surface area contributed by atoms with Crippen LogP contribution < -0.4 is 30.3 Å².